The molecule has 0 aromatic rings. The average Bonchev–Trinajstić information content (AvgIpc) is 2.24. The number of nitrogens with one attached hydrogen (secondary N) is 1. The van der Waals surface area contributed by atoms with Gasteiger partial charge in [-0.15, -0.1) is 0 Å². The topological polar surface area (TPSA) is 52.6 Å². The molecule has 5 rings (SSSR count). The first-order valence-corrected chi connectivity index (χ1v) is 7.22. The minimum atomic E-state index is -0.406. The van der Waals surface area contributed by atoms with Gasteiger partial charge in [0, 0.05) is 0 Å². The molecule has 100 valence electrons. The number of carbonyl (C=O) groups excluding carboxylic acids is 1. The normalized spacial score (nSPS) is 52.6. The van der Waals surface area contributed by atoms with Crippen LogP contribution in [0.15, 0.2) is 0 Å². The molecule has 4 heteroatoms. The van der Waals surface area contributed by atoms with E-state index in [4.69, 9.17) is 0 Å². The van der Waals surface area contributed by atoms with Gasteiger partial charge in [-0.05, 0) is 63.7 Å². The van der Waals surface area contributed by atoms with Gasteiger partial charge in [0.1, 0.15) is 5.54 Å². The van der Waals surface area contributed by atoms with Gasteiger partial charge in [0.25, 0.3) is 5.91 Å². The highest BCUT2D eigenvalue weighted by Gasteiger charge is 2.60. The van der Waals surface area contributed by atoms with Gasteiger partial charge in [0.05, 0.1) is 11.6 Å². The monoisotopic (exact) mass is 250 g/mol. The van der Waals surface area contributed by atoms with Crippen molar-refractivity contribution in [1.29, 1.82) is 0 Å². The van der Waals surface area contributed by atoms with Gasteiger partial charge >= 0.3 is 0 Å². The van der Waals surface area contributed by atoms with Crippen LogP contribution in [0.4, 0.5) is 0 Å². The summed E-state index contributed by atoms with van der Waals surface area (Å²) in [5.74, 6) is 1.95. The molecule has 18 heavy (non-hydrogen) atoms. The number of amides is 1. The second kappa shape index (κ2) is 3.10. The molecule has 0 spiro atoms. The molecule has 0 unspecified atom stereocenters. The predicted molar refractivity (Wildman–Crippen MR) is 66.4 cm³/mol. The van der Waals surface area contributed by atoms with Gasteiger partial charge in [-0.3, -0.25) is 9.80 Å². The minimum absolute atomic E-state index is 0.229. The second-order valence-electron chi connectivity index (χ2n) is 7.60. The third-order valence-corrected chi connectivity index (χ3v) is 5.64. The van der Waals surface area contributed by atoms with E-state index in [1.807, 2.05) is 18.9 Å². The van der Waals surface area contributed by atoms with Crippen LogP contribution in [0.3, 0.4) is 0 Å². The highest BCUT2D eigenvalue weighted by Crippen LogP contribution is 2.57. The Morgan fingerprint density at radius 1 is 1.22 bits per heavy atom. The minimum Gasteiger partial charge on any atom is -0.390 e. The van der Waals surface area contributed by atoms with Gasteiger partial charge in [-0.1, -0.05) is 0 Å². The highest BCUT2D eigenvalue weighted by atomic mass is 16.3. The summed E-state index contributed by atoms with van der Waals surface area (Å²) in [5.41, 5.74) is 2.52. The Morgan fingerprint density at radius 3 is 2.28 bits per heavy atom. The van der Waals surface area contributed by atoms with Crippen LogP contribution in [0.1, 0.15) is 46.0 Å². The molecule has 2 N–H and O–H groups in total. The number of hydrogen-bond donors (Lipinski definition) is 2. The molecule has 1 saturated heterocycles. The zero-order valence-corrected chi connectivity index (χ0v) is 11.1. The van der Waals surface area contributed by atoms with E-state index >= 15 is 0 Å². The Balaban J connectivity index is 1.60. The summed E-state index contributed by atoms with van der Waals surface area (Å²) >= 11 is 0. The molecule has 5 fully saturated rings. The van der Waals surface area contributed by atoms with Gasteiger partial charge in [-0.2, -0.15) is 0 Å². The summed E-state index contributed by atoms with van der Waals surface area (Å²) in [7, 11) is 0. The zero-order valence-electron chi connectivity index (χ0n) is 11.1. The van der Waals surface area contributed by atoms with Crippen molar-refractivity contribution in [2.24, 2.45) is 17.8 Å². The van der Waals surface area contributed by atoms with Crippen LogP contribution >= 0.6 is 0 Å². The highest BCUT2D eigenvalue weighted by molar-refractivity contribution is 5.90. The summed E-state index contributed by atoms with van der Waals surface area (Å²) in [6, 6.07) is 0.336. The lowest BCUT2D eigenvalue weighted by atomic mass is 9.52. The van der Waals surface area contributed by atoms with E-state index in [2.05, 4.69) is 5.43 Å². The first-order valence-electron chi connectivity index (χ1n) is 7.22. The molecule has 1 heterocycles. The smallest absolute Gasteiger partial charge is 0.258 e. The molecule has 0 aromatic carbocycles. The van der Waals surface area contributed by atoms with E-state index in [-0.39, 0.29) is 11.4 Å². The van der Waals surface area contributed by atoms with Gasteiger partial charge < -0.3 is 5.11 Å². The Labute approximate surface area is 108 Å². The average molecular weight is 250 g/mol. The Morgan fingerprint density at radius 2 is 1.83 bits per heavy atom. The number of hydrazine groups is 1. The van der Waals surface area contributed by atoms with E-state index in [1.54, 1.807) is 0 Å². The maximum absolute atomic E-state index is 12.2. The molecule has 4 nitrogen and oxygen atoms in total. The molecular formula is C14H22N2O2. The van der Waals surface area contributed by atoms with Crippen LogP contribution in [-0.2, 0) is 4.79 Å². The van der Waals surface area contributed by atoms with Crippen molar-refractivity contribution in [2.75, 3.05) is 0 Å². The largest absolute Gasteiger partial charge is 0.390 e. The van der Waals surface area contributed by atoms with Crippen molar-refractivity contribution in [2.45, 2.75) is 63.1 Å². The molecule has 4 bridgehead atoms. The van der Waals surface area contributed by atoms with Crippen LogP contribution in [0.2, 0.25) is 0 Å². The molecule has 4 aliphatic carbocycles. The number of hydrogen-bond acceptors (Lipinski definition) is 3. The molecule has 5 aliphatic rings. The van der Waals surface area contributed by atoms with Crippen LogP contribution in [0, 0.1) is 17.8 Å². The first kappa shape index (κ1) is 11.2. The first-order chi connectivity index (χ1) is 8.38. The Hall–Kier alpha value is -0.610. The summed E-state index contributed by atoms with van der Waals surface area (Å²) in [6.07, 6.45) is 5.21. The molecule has 1 amide bonds. The van der Waals surface area contributed by atoms with Crippen LogP contribution in [-0.4, -0.2) is 33.2 Å². The van der Waals surface area contributed by atoms with E-state index in [0.717, 1.165) is 19.3 Å². The van der Waals surface area contributed by atoms with Crippen molar-refractivity contribution < 1.29 is 9.90 Å². The standard InChI is InChI=1S/C14H22N2O2/c1-13(2)12(17)16(15-13)11-9-3-8-4-10(11)7-14(18,5-8)6-9/h8-11,15,18H,3-7H2,1-2H3/t8?,9-,10-,11?,14?/m0/s1. The molecule has 0 radical (unpaired) electrons. The summed E-state index contributed by atoms with van der Waals surface area (Å²) in [6.45, 7) is 3.88. The maximum atomic E-state index is 12.2. The van der Waals surface area contributed by atoms with Crippen molar-refractivity contribution in [1.82, 2.24) is 10.4 Å². The number of rotatable bonds is 1. The lowest BCUT2D eigenvalue weighted by molar-refractivity contribution is -0.202. The fraction of sp³-hybridized carbons (Fsp3) is 0.929. The van der Waals surface area contributed by atoms with Crippen molar-refractivity contribution in [3.8, 4) is 0 Å². The number of aliphatic hydroxyl groups is 1. The summed E-state index contributed by atoms with van der Waals surface area (Å²) in [5, 5.41) is 12.4. The van der Waals surface area contributed by atoms with Gasteiger partial charge in [0.15, 0.2) is 0 Å². The lowest BCUT2D eigenvalue weighted by Gasteiger charge is -2.63. The fourth-order valence-electron chi connectivity index (χ4n) is 5.23. The van der Waals surface area contributed by atoms with E-state index in [1.165, 1.54) is 12.8 Å². The third-order valence-electron chi connectivity index (χ3n) is 5.64. The molecule has 0 aromatic heterocycles. The lowest BCUT2D eigenvalue weighted by Crippen LogP contribution is -2.79. The number of carbonyl (C=O) groups is 1. The molecule has 1 aliphatic heterocycles. The van der Waals surface area contributed by atoms with Crippen LogP contribution in [0.5, 0.6) is 0 Å². The van der Waals surface area contributed by atoms with Crippen LogP contribution in [0.25, 0.3) is 0 Å². The molecular weight excluding hydrogens is 228 g/mol. The summed E-state index contributed by atoms with van der Waals surface area (Å²) < 4.78 is 0. The van der Waals surface area contributed by atoms with Gasteiger partial charge in [0.2, 0.25) is 0 Å². The van der Waals surface area contributed by atoms with Crippen molar-refractivity contribution >= 4 is 5.91 Å². The zero-order chi connectivity index (χ0) is 12.7. The predicted octanol–water partition coefficient (Wildman–Crippen LogP) is 1.05. The van der Waals surface area contributed by atoms with Gasteiger partial charge in [-0.25, -0.2) is 5.43 Å². The van der Waals surface area contributed by atoms with E-state index in [9.17, 15) is 9.90 Å². The Kier molecular flexibility index (Phi) is 1.93. The second-order valence-corrected chi connectivity index (χ2v) is 7.60. The fourth-order valence-corrected chi connectivity index (χ4v) is 5.23. The molecule has 4 saturated carbocycles. The van der Waals surface area contributed by atoms with Crippen LogP contribution < -0.4 is 5.43 Å². The van der Waals surface area contributed by atoms with E-state index < -0.39 is 5.60 Å². The SMILES string of the molecule is CC1(C)NN(C2[C@H]3CC4C[C@H]2CC(O)(C4)C3)C1=O. The van der Waals surface area contributed by atoms with E-state index in [0.29, 0.717) is 23.8 Å². The maximum Gasteiger partial charge on any atom is 0.258 e. The quantitative estimate of drug-likeness (QED) is 0.731. The number of nitrogens with zero attached hydrogens (tertiary/aromatic N) is 1. The summed E-state index contributed by atoms with van der Waals surface area (Å²) in [4.78, 5) is 12.2. The molecule has 2 atom stereocenters. The Bertz CT molecular complexity index is 404. The van der Waals surface area contributed by atoms with Crippen molar-refractivity contribution in [3.63, 3.8) is 0 Å². The van der Waals surface area contributed by atoms with Crippen molar-refractivity contribution in [3.05, 3.63) is 0 Å². The third kappa shape index (κ3) is 1.31.